The third-order valence-corrected chi connectivity index (χ3v) is 5.00. The number of amides is 1. The van der Waals surface area contributed by atoms with Gasteiger partial charge in [-0.2, -0.15) is 5.11 Å². The number of nitrogens with zero attached hydrogens (tertiary/aromatic N) is 3. The number of hydrogen-bond donors (Lipinski definition) is 0. The van der Waals surface area contributed by atoms with Crippen molar-refractivity contribution in [3.63, 3.8) is 0 Å². The molecule has 2 unspecified atom stereocenters. The molecule has 4 rings (SSSR count). The van der Waals surface area contributed by atoms with Gasteiger partial charge < -0.3 is 0 Å². The Hall–Kier alpha value is -2.33. The van der Waals surface area contributed by atoms with E-state index in [1.165, 1.54) is 12.0 Å². The maximum Gasteiger partial charge on any atom is 0.275 e. The Morgan fingerprint density at radius 2 is 2.00 bits per heavy atom. The molecule has 0 spiro atoms. The van der Waals surface area contributed by atoms with E-state index in [-0.39, 0.29) is 11.8 Å². The maximum absolute atomic E-state index is 11.9. The normalized spacial score (nSPS) is 26.2. The molecule has 0 N–H and O–H groups in total. The van der Waals surface area contributed by atoms with E-state index in [0.717, 1.165) is 37.3 Å². The van der Waals surface area contributed by atoms with Crippen LogP contribution in [0.3, 0.4) is 0 Å². The summed E-state index contributed by atoms with van der Waals surface area (Å²) in [4.78, 5) is 14.4. The molecule has 24 heavy (non-hydrogen) atoms. The Morgan fingerprint density at radius 3 is 2.88 bits per heavy atom. The van der Waals surface area contributed by atoms with Gasteiger partial charge in [-0.15, -0.1) is 5.11 Å². The van der Waals surface area contributed by atoms with E-state index in [0.29, 0.717) is 5.92 Å². The van der Waals surface area contributed by atoms with Crippen LogP contribution in [0.2, 0.25) is 0 Å². The molecule has 122 valence electrons. The lowest BCUT2D eigenvalue weighted by molar-refractivity contribution is -0.120. The zero-order valence-corrected chi connectivity index (χ0v) is 13.6. The van der Waals surface area contributed by atoms with Crippen molar-refractivity contribution < 1.29 is 4.79 Å². The Bertz CT molecular complexity index is 745. The lowest BCUT2D eigenvalue weighted by atomic mass is 9.88. The van der Waals surface area contributed by atoms with Crippen molar-refractivity contribution in [1.29, 1.82) is 0 Å². The number of fused-ring (bicyclic) bond motifs is 1. The highest BCUT2D eigenvalue weighted by Crippen LogP contribution is 2.34. The molecule has 0 aromatic heterocycles. The molecule has 1 amide bonds. The van der Waals surface area contributed by atoms with Gasteiger partial charge in [0.25, 0.3) is 5.91 Å². The fourth-order valence-corrected chi connectivity index (χ4v) is 3.76. The number of allylic oxidation sites excluding steroid dienone is 4. The number of likely N-dealkylation sites (tertiary alicyclic amines) is 1. The van der Waals surface area contributed by atoms with Crippen LogP contribution < -0.4 is 0 Å². The van der Waals surface area contributed by atoms with Crippen LogP contribution in [0.25, 0.3) is 0 Å². The number of carbonyl (C=O) groups excluding carboxylic acids is 1. The highest BCUT2D eigenvalue weighted by atomic mass is 16.2. The second kappa shape index (κ2) is 6.65. The lowest BCUT2D eigenvalue weighted by Crippen LogP contribution is -2.21. The first-order valence-electron chi connectivity index (χ1n) is 8.59. The van der Waals surface area contributed by atoms with Gasteiger partial charge in [-0.25, -0.2) is 0 Å². The van der Waals surface area contributed by atoms with Crippen LogP contribution in [0.5, 0.6) is 0 Å². The van der Waals surface area contributed by atoms with Crippen LogP contribution in [0, 0.1) is 11.8 Å². The first-order chi connectivity index (χ1) is 11.8. The highest BCUT2D eigenvalue weighted by Gasteiger charge is 2.30. The molecule has 4 nitrogen and oxygen atoms in total. The summed E-state index contributed by atoms with van der Waals surface area (Å²) in [5.74, 6) is 0.221. The minimum atomic E-state index is -0.218. The summed E-state index contributed by atoms with van der Waals surface area (Å²) < 4.78 is 0. The molecule has 3 aliphatic rings. The standard InChI is InChI=1S/C20H21N3O/c24-20-18-9-5-4-8-17(18)19(21-22-20)12-16-10-11-23(14-16)13-15-6-2-1-3-7-15/h1-9,16,18H,10-14H2. The van der Waals surface area contributed by atoms with E-state index in [2.05, 4.69) is 45.5 Å². The lowest BCUT2D eigenvalue weighted by Gasteiger charge is -2.21. The minimum absolute atomic E-state index is 0.147. The van der Waals surface area contributed by atoms with Crippen LogP contribution in [0.4, 0.5) is 0 Å². The van der Waals surface area contributed by atoms with E-state index in [9.17, 15) is 4.79 Å². The topological polar surface area (TPSA) is 45.0 Å². The smallest absolute Gasteiger partial charge is 0.275 e. The number of rotatable bonds is 4. The molecule has 1 fully saturated rings. The van der Waals surface area contributed by atoms with E-state index < -0.39 is 0 Å². The minimum Gasteiger partial charge on any atom is -0.299 e. The largest absolute Gasteiger partial charge is 0.299 e. The monoisotopic (exact) mass is 319 g/mol. The first-order valence-corrected chi connectivity index (χ1v) is 8.59. The van der Waals surface area contributed by atoms with Crippen LogP contribution in [-0.4, -0.2) is 23.9 Å². The van der Waals surface area contributed by atoms with Crippen molar-refractivity contribution in [3.05, 3.63) is 71.5 Å². The number of azo groups is 1. The molecule has 1 saturated heterocycles. The predicted molar refractivity (Wildman–Crippen MR) is 93.1 cm³/mol. The summed E-state index contributed by atoms with van der Waals surface area (Å²) in [6, 6.07) is 10.6. The van der Waals surface area contributed by atoms with Gasteiger partial charge in [0.2, 0.25) is 0 Å². The molecule has 0 saturated carbocycles. The molecule has 2 heterocycles. The van der Waals surface area contributed by atoms with Crippen molar-refractivity contribution in [2.24, 2.45) is 22.1 Å². The van der Waals surface area contributed by atoms with Crippen molar-refractivity contribution >= 4 is 5.91 Å². The Kier molecular flexibility index (Phi) is 4.22. The number of hydrogen-bond acceptors (Lipinski definition) is 3. The summed E-state index contributed by atoms with van der Waals surface area (Å²) in [5, 5.41) is 8.07. The van der Waals surface area contributed by atoms with E-state index in [1.807, 2.05) is 24.3 Å². The second-order valence-electron chi connectivity index (χ2n) is 6.74. The van der Waals surface area contributed by atoms with Gasteiger partial charge in [0.1, 0.15) is 0 Å². The molecule has 2 aliphatic heterocycles. The second-order valence-corrected chi connectivity index (χ2v) is 6.74. The SMILES string of the molecule is O=C1N=NC(CC2CCN(Cc3ccccc3)C2)=C2C=CC=CC12. The summed E-state index contributed by atoms with van der Waals surface area (Å²) in [6.45, 7) is 3.21. The third-order valence-electron chi connectivity index (χ3n) is 5.00. The highest BCUT2D eigenvalue weighted by molar-refractivity contribution is 5.86. The average Bonchev–Trinajstić information content (AvgIpc) is 3.05. The van der Waals surface area contributed by atoms with E-state index >= 15 is 0 Å². The summed E-state index contributed by atoms with van der Waals surface area (Å²) in [5.41, 5.74) is 3.40. The average molecular weight is 319 g/mol. The van der Waals surface area contributed by atoms with Gasteiger partial charge in [0.15, 0.2) is 0 Å². The quantitative estimate of drug-likeness (QED) is 0.845. The van der Waals surface area contributed by atoms with Gasteiger partial charge in [0.05, 0.1) is 11.6 Å². The van der Waals surface area contributed by atoms with Crippen LogP contribution in [0.15, 0.2) is 76.1 Å². The fraction of sp³-hybridized carbons (Fsp3) is 0.350. The third kappa shape index (κ3) is 3.15. The Labute approximate surface area is 142 Å². The summed E-state index contributed by atoms with van der Waals surface area (Å²) in [7, 11) is 0. The van der Waals surface area contributed by atoms with Crippen molar-refractivity contribution in [1.82, 2.24) is 4.90 Å². The molecule has 4 heteroatoms. The molecule has 1 aromatic rings. The predicted octanol–water partition coefficient (Wildman–Crippen LogP) is 3.89. The van der Waals surface area contributed by atoms with Gasteiger partial charge in [-0.1, -0.05) is 54.6 Å². The number of carbonyl (C=O) groups is 1. The van der Waals surface area contributed by atoms with Gasteiger partial charge in [-0.3, -0.25) is 9.69 Å². The van der Waals surface area contributed by atoms with Crippen molar-refractivity contribution in [2.45, 2.75) is 19.4 Å². The molecule has 2 atom stereocenters. The van der Waals surface area contributed by atoms with Gasteiger partial charge in [0, 0.05) is 13.1 Å². The fourth-order valence-electron chi connectivity index (χ4n) is 3.76. The summed E-state index contributed by atoms with van der Waals surface area (Å²) >= 11 is 0. The zero-order chi connectivity index (χ0) is 16.4. The van der Waals surface area contributed by atoms with Gasteiger partial charge >= 0.3 is 0 Å². The molecular weight excluding hydrogens is 298 g/mol. The molecule has 0 bridgehead atoms. The van der Waals surface area contributed by atoms with E-state index in [1.54, 1.807) is 0 Å². The first kappa shape index (κ1) is 15.2. The maximum atomic E-state index is 11.9. The van der Waals surface area contributed by atoms with Crippen LogP contribution >= 0.6 is 0 Å². The van der Waals surface area contributed by atoms with Crippen LogP contribution in [0.1, 0.15) is 18.4 Å². The Balaban J connectivity index is 1.41. The molecule has 1 aromatic carbocycles. The molecule has 0 radical (unpaired) electrons. The van der Waals surface area contributed by atoms with Crippen molar-refractivity contribution in [3.8, 4) is 0 Å². The van der Waals surface area contributed by atoms with Crippen LogP contribution in [-0.2, 0) is 11.3 Å². The van der Waals surface area contributed by atoms with Gasteiger partial charge in [-0.05, 0) is 36.4 Å². The Morgan fingerprint density at radius 1 is 1.12 bits per heavy atom. The molecule has 1 aliphatic carbocycles. The van der Waals surface area contributed by atoms with E-state index in [4.69, 9.17) is 0 Å². The van der Waals surface area contributed by atoms with Crippen molar-refractivity contribution in [2.75, 3.05) is 13.1 Å². The zero-order valence-electron chi connectivity index (χ0n) is 13.6. The molecular formula is C20H21N3O. The summed E-state index contributed by atoms with van der Waals surface area (Å²) in [6.07, 6.45) is 9.93. The number of benzene rings is 1.